The van der Waals surface area contributed by atoms with Gasteiger partial charge >= 0.3 is 5.97 Å². The summed E-state index contributed by atoms with van der Waals surface area (Å²) in [5, 5.41) is 11.5. The quantitative estimate of drug-likeness (QED) is 0.845. The molecule has 0 radical (unpaired) electrons. The van der Waals surface area contributed by atoms with E-state index < -0.39 is 5.97 Å². The summed E-state index contributed by atoms with van der Waals surface area (Å²) in [6, 6.07) is 14.3. The molecule has 0 fully saturated rings. The number of hydrogen-bond donors (Lipinski definition) is 2. The molecule has 2 aromatic rings. The molecule has 4 nitrogen and oxygen atoms in total. The smallest absolute Gasteiger partial charge is 0.328 e. The Morgan fingerprint density at radius 1 is 1.10 bits per heavy atom. The molecule has 0 unspecified atom stereocenters. The fraction of sp³-hybridized carbons (Fsp3) is 0.0588. The van der Waals surface area contributed by atoms with Crippen LogP contribution in [0.25, 0.3) is 6.08 Å². The molecule has 0 aliphatic carbocycles. The zero-order chi connectivity index (χ0) is 15.2. The van der Waals surface area contributed by atoms with Gasteiger partial charge in [-0.05, 0) is 48.4 Å². The molecule has 0 aliphatic heterocycles. The number of para-hydroxylation sites is 1. The number of carbonyl (C=O) groups excluding carboxylic acids is 1. The Morgan fingerprint density at radius 2 is 1.81 bits per heavy atom. The first kappa shape index (κ1) is 14.5. The summed E-state index contributed by atoms with van der Waals surface area (Å²) in [5.74, 6) is -1.25. The molecule has 0 heterocycles. The molecule has 2 N–H and O–H groups in total. The maximum Gasteiger partial charge on any atom is 0.328 e. The summed E-state index contributed by atoms with van der Waals surface area (Å²) in [7, 11) is 0. The van der Waals surface area contributed by atoms with Crippen molar-refractivity contribution in [2.24, 2.45) is 0 Å². The van der Waals surface area contributed by atoms with Gasteiger partial charge in [0.15, 0.2) is 0 Å². The zero-order valence-electron chi connectivity index (χ0n) is 11.5. The minimum Gasteiger partial charge on any atom is -0.478 e. The SMILES string of the molecule is Cc1ccc(C(=O)Nc2ccccc2)cc1/C=C/C(=O)O. The Bertz CT molecular complexity index is 690. The average molecular weight is 281 g/mol. The number of rotatable bonds is 4. The molecule has 0 aliphatic rings. The van der Waals surface area contributed by atoms with E-state index in [0.717, 1.165) is 11.6 Å². The van der Waals surface area contributed by atoms with Gasteiger partial charge in [-0.15, -0.1) is 0 Å². The minimum absolute atomic E-state index is 0.230. The Balaban J connectivity index is 2.22. The number of amides is 1. The number of carboxylic acid groups (broad SMARTS) is 1. The van der Waals surface area contributed by atoms with Gasteiger partial charge in [-0.25, -0.2) is 4.79 Å². The Kier molecular flexibility index (Phi) is 4.51. The van der Waals surface area contributed by atoms with Crippen molar-refractivity contribution >= 4 is 23.6 Å². The van der Waals surface area contributed by atoms with Gasteiger partial charge in [-0.3, -0.25) is 4.79 Å². The number of carboxylic acids is 1. The summed E-state index contributed by atoms with van der Waals surface area (Å²) in [5.41, 5.74) is 2.81. The van der Waals surface area contributed by atoms with Gasteiger partial charge < -0.3 is 10.4 Å². The van der Waals surface area contributed by atoms with Crippen LogP contribution in [0.4, 0.5) is 5.69 Å². The van der Waals surface area contributed by atoms with Crippen LogP contribution < -0.4 is 5.32 Å². The van der Waals surface area contributed by atoms with Crippen molar-refractivity contribution < 1.29 is 14.7 Å². The summed E-state index contributed by atoms with van der Waals surface area (Å²) >= 11 is 0. The standard InChI is InChI=1S/C17H15NO3/c1-12-7-8-14(11-13(12)9-10-16(19)20)17(21)18-15-5-3-2-4-6-15/h2-11H,1H3,(H,18,21)(H,19,20)/b10-9+. The Morgan fingerprint density at radius 3 is 2.48 bits per heavy atom. The second kappa shape index (κ2) is 6.52. The topological polar surface area (TPSA) is 66.4 Å². The van der Waals surface area contributed by atoms with Crippen molar-refractivity contribution in [3.8, 4) is 0 Å². The highest BCUT2D eigenvalue weighted by Crippen LogP contribution is 2.15. The van der Waals surface area contributed by atoms with Gasteiger partial charge in [0.05, 0.1) is 0 Å². The minimum atomic E-state index is -1.02. The van der Waals surface area contributed by atoms with Gasteiger partial charge in [0.2, 0.25) is 0 Å². The lowest BCUT2D eigenvalue weighted by atomic mass is 10.0. The van der Waals surface area contributed by atoms with Crippen molar-refractivity contribution in [1.29, 1.82) is 0 Å². The second-order valence-electron chi connectivity index (χ2n) is 4.56. The van der Waals surface area contributed by atoms with Crippen LogP contribution in [0.5, 0.6) is 0 Å². The maximum atomic E-state index is 12.2. The molecular weight excluding hydrogens is 266 g/mol. The molecule has 2 aromatic carbocycles. The fourth-order valence-electron chi connectivity index (χ4n) is 1.85. The number of anilines is 1. The highest BCUT2D eigenvalue weighted by molar-refractivity contribution is 6.04. The van der Waals surface area contributed by atoms with Crippen LogP contribution in [0.15, 0.2) is 54.6 Å². The van der Waals surface area contributed by atoms with Crippen LogP contribution in [0.2, 0.25) is 0 Å². The predicted octanol–water partition coefficient (Wildman–Crippen LogP) is 3.35. The van der Waals surface area contributed by atoms with Crippen molar-refractivity contribution in [2.45, 2.75) is 6.92 Å². The van der Waals surface area contributed by atoms with E-state index in [1.54, 1.807) is 30.3 Å². The van der Waals surface area contributed by atoms with Gasteiger partial charge in [0.1, 0.15) is 0 Å². The van der Waals surface area contributed by atoms with E-state index in [0.29, 0.717) is 16.8 Å². The van der Waals surface area contributed by atoms with Gasteiger partial charge in [0, 0.05) is 17.3 Å². The summed E-state index contributed by atoms with van der Waals surface area (Å²) in [6.07, 6.45) is 2.54. The van der Waals surface area contributed by atoms with Crippen molar-refractivity contribution in [1.82, 2.24) is 0 Å². The number of carbonyl (C=O) groups is 2. The molecule has 4 heteroatoms. The van der Waals surface area contributed by atoms with Crippen LogP contribution in [-0.4, -0.2) is 17.0 Å². The largest absolute Gasteiger partial charge is 0.478 e. The van der Waals surface area contributed by atoms with Crippen molar-refractivity contribution in [3.05, 3.63) is 71.3 Å². The summed E-state index contributed by atoms with van der Waals surface area (Å²) in [6.45, 7) is 1.86. The van der Waals surface area contributed by atoms with Gasteiger partial charge in [-0.2, -0.15) is 0 Å². The highest BCUT2D eigenvalue weighted by Gasteiger charge is 2.07. The van der Waals surface area contributed by atoms with E-state index in [1.165, 1.54) is 6.08 Å². The van der Waals surface area contributed by atoms with E-state index in [-0.39, 0.29) is 5.91 Å². The number of hydrogen-bond acceptors (Lipinski definition) is 2. The monoisotopic (exact) mass is 281 g/mol. The summed E-state index contributed by atoms with van der Waals surface area (Å²) in [4.78, 5) is 22.7. The van der Waals surface area contributed by atoms with E-state index >= 15 is 0 Å². The third-order valence-electron chi connectivity index (χ3n) is 2.98. The van der Waals surface area contributed by atoms with E-state index in [4.69, 9.17) is 5.11 Å². The fourth-order valence-corrected chi connectivity index (χ4v) is 1.85. The lowest BCUT2D eigenvalue weighted by molar-refractivity contribution is -0.131. The molecule has 1 amide bonds. The van der Waals surface area contributed by atoms with Crippen LogP contribution >= 0.6 is 0 Å². The van der Waals surface area contributed by atoms with Crippen LogP contribution in [0.3, 0.4) is 0 Å². The molecule has 21 heavy (non-hydrogen) atoms. The Labute approximate surface area is 122 Å². The lowest BCUT2D eigenvalue weighted by Gasteiger charge is -2.07. The van der Waals surface area contributed by atoms with E-state index in [2.05, 4.69) is 5.32 Å². The van der Waals surface area contributed by atoms with E-state index in [1.807, 2.05) is 25.1 Å². The van der Waals surface area contributed by atoms with Crippen molar-refractivity contribution in [2.75, 3.05) is 5.32 Å². The van der Waals surface area contributed by atoms with Crippen LogP contribution in [0, 0.1) is 6.92 Å². The first-order valence-electron chi connectivity index (χ1n) is 6.44. The highest BCUT2D eigenvalue weighted by atomic mass is 16.4. The molecule has 2 rings (SSSR count). The molecule has 0 atom stereocenters. The second-order valence-corrected chi connectivity index (χ2v) is 4.56. The molecule has 0 saturated carbocycles. The molecule has 0 aromatic heterocycles. The first-order valence-corrected chi connectivity index (χ1v) is 6.44. The molecular formula is C17H15NO3. The number of aryl methyl sites for hydroxylation is 1. The Hall–Kier alpha value is -2.88. The number of nitrogens with one attached hydrogen (secondary N) is 1. The third kappa shape index (κ3) is 4.04. The molecule has 0 bridgehead atoms. The first-order chi connectivity index (χ1) is 10.1. The van der Waals surface area contributed by atoms with Gasteiger partial charge in [-0.1, -0.05) is 24.3 Å². The van der Waals surface area contributed by atoms with Crippen LogP contribution in [-0.2, 0) is 4.79 Å². The van der Waals surface area contributed by atoms with E-state index in [9.17, 15) is 9.59 Å². The predicted molar refractivity (Wildman–Crippen MR) is 82.2 cm³/mol. The number of benzene rings is 2. The summed E-state index contributed by atoms with van der Waals surface area (Å²) < 4.78 is 0. The molecule has 0 saturated heterocycles. The molecule has 0 spiro atoms. The maximum absolute atomic E-state index is 12.2. The third-order valence-corrected chi connectivity index (χ3v) is 2.98. The zero-order valence-corrected chi connectivity index (χ0v) is 11.5. The van der Waals surface area contributed by atoms with Crippen LogP contribution in [0.1, 0.15) is 21.5 Å². The van der Waals surface area contributed by atoms with Gasteiger partial charge in [0.25, 0.3) is 5.91 Å². The lowest BCUT2D eigenvalue weighted by Crippen LogP contribution is -2.12. The normalized spacial score (nSPS) is 10.5. The average Bonchev–Trinajstić information content (AvgIpc) is 2.47. The number of aliphatic carboxylic acids is 1. The van der Waals surface area contributed by atoms with Crippen molar-refractivity contribution in [3.63, 3.8) is 0 Å². The molecule has 106 valence electrons.